The van der Waals surface area contributed by atoms with Gasteiger partial charge in [0.25, 0.3) is 5.91 Å². The second-order valence-electron chi connectivity index (χ2n) is 6.29. The van der Waals surface area contributed by atoms with Crippen LogP contribution in [0.5, 0.6) is 0 Å². The van der Waals surface area contributed by atoms with E-state index in [0.717, 1.165) is 25.7 Å². The van der Waals surface area contributed by atoms with Crippen molar-refractivity contribution in [2.24, 2.45) is 11.3 Å². The van der Waals surface area contributed by atoms with Crippen LogP contribution < -0.4 is 16.0 Å². The van der Waals surface area contributed by atoms with Gasteiger partial charge in [-0.05, 0) is 25.2 Å². The molecule has 0 spiro atoms. The first kappa shape index (κ1) is 16.2. The zero-order valence-electron chi connectivity index (χ0n) is 13.1. The largest absolute Gasteiger partial charge is 0.394 e. The van der Waals surface area contributed by atoms with Crippen molar-refractivity contribution in [1.29, 1.82) is 0 Å². The van der Waals surface area contributed by atoms with E-state index in [2.05, 4.69) is 20.9 Å². The van der Waals surface area contributed by atoms with Gasteiger partial charge >= 0.3 is 0 Å². The molecule has 1 aromatic heterocycles. The minimum Gasteiger partial charge on any atom is -0.394 e. The summed E-state index contributed by atoms with van der Waals surface area (Å²) in [5.74, 6) is 0.324. The van der Waals surface area contributed by atoms with Crippen LogP contribution in [0, 0.1) is 11.3 Å². The molecule has 0 aromatic carbocycles. The molecule has 1 aromatic rings. The molecule has 0 bridgehead atoms. The van der Waals surface area contributed by atoms with Crippen LogP contribution in [0.25, 0.3) is 0 Å². The molecule has 8 heteroatoms. The number of aromatic nitrogens is 1. The molecule has 4 N–H and O–H groups in total. The summed E-state index contributed by atoms with van der Waals surface area (Å²) in [5, 5.41) is 18.6. The molecule has 0 radical (unpaired) electrons. The number of anilines is 1. The summed E-state index contributed by atoms with van der Waals surface area (Å²) in [6, 6.07) is -0.499. The number of aliphatic hydroxyl groups is 1. The summed E-state index contributed by atoms with van der Waals surface area (Å²) in [6.45, 7) is 0.0212. The van der Waals surface area contributed by atoms with E-state index < -0.39 is 6.04 Å². The highest BCUT2D eigenvalue weighted by Gasteiger charge is 2.61. The number of carbonyl (C=O) groups excluding carboxylic acids is 2. The average molecular weight is 338 g/mol. The summed E-state index contributed by atoms with van der Waals surface area (Å²) in [4.78, 5) is 28.9. The number of aliphatic hydroxyl groups excluding tert-OH is 1. The van der Waals surface area contributed by atoms with Crippen molar-refractivity contribution < 1.29 is 14.7 Å². The fourth-order valence-corrected chi connectivity index (χ4v) is 4.10. The quantitative estimate of drug-likeness (QED) is 0.582. The maximum Gasteiger partial charge on any atom is 0.263 e. The molecule has 2 aliphatic carbocycles. The summed E-state index contributed by atoms with van der Waals surface area (Å²) < 4.78 is 0. The number of fused-ring (bicyclic) bond motifs is 1. The van der Waals surface area contributed by atoms with Gasteiger partial charge < -0.3 is 21.1 Å². The molecule has 3 rings (SSSR count). The summed E-state index contributed by atoms with van der Waals surface area (Å²) in [6.07, 6.45) is 5.71. The first-order valence-corrected chi connectivity index (χ1v) is 8.74. The Kier molecular flexibility index (Phi) is 4.54. The normalized spacial score (nSPS) is 26.3. The molecular formula is C15H22N4O3S. The van der Waals surface area contributed by atoms with E-state index in [0.29, 0.717) is 15.9 Å². The number of amides is 2. The van der Waals surface area contributed by atoms with Gasteiger partial charge in [0.1, 0.15) is 4.88 Å². The molecule has 2 aliphatic rings. The molecule has 2 saturated carbocycles. The fourth-order valence-electron chi connectivity index (χ4n) is 3.43. The molecule has 3 atom stereocenters. The Hall–Kier alpha value is -1.67. The second-order valence-corrected chi connectivity index (χ2v) is 7.32. The summed E-state index contributed by atoms with van der Waals surface area (Å²) in [5.41, 5.74) is -0.149. The standard InChI is InChI=1S/C15H22N4O3S/c1-16-14-18-7-11(23-14)12(21)19-10(8-20)6-17-13(22)15-4-2-3-9(15)5-15/h7,9-10,20H,2-6,8H2,1H3,(H,16,18)(H,17,22)(H,19,21)/t9-,10-,15-/m1/s1. The SMILES string of the molecule is CNc1ncc(C(=O)N[C@@H](CO)CNC(=O)[C@@]23CCC[C@@H]2C3)s1. The van der Waals surface area contributed by atoms with Crippen molar-refractivity contribution in [3.63, 3.8) is 0 Å². The van der Waals surface area contributed by atoms with Crippen molar-refractivity contribution in [2.75, 3.05) is 25.5 Å². The number of carbonyl (C=O) groups is 2. The average Bonchev–Trinajstić information content (AvgIpc) is 2.94. The van der Waals surface area contributed by atoms with Gasteiger partial charge in [-0.25, -0.2) is 4.98 Å². The van der Waals surface area contributed by atoms with E-state index in [4.69, 9.17) is 0 Å². The van der Waals surface area contributed by atoms with E-state index in [9.17, 15) is 14.7 Å². The van der Waals surface area contributed by atoms with Gasteiger partial charge in [0, 0.05) is 13.6 Å². The van der Waals surface area contributed by atoms with Crippen LogP contribution in [-0.4, -0.2) is 48.1 Å². The Morgan fingerprint density at radius 1 is 1.57 bits per heavy atom. The van der Waals surface area contributed by atoms with E-state index in [1.54, 1.807) is 7.05 Å². The molecule has 23 heavy (non-hydrogen) atoms. The zero-order chi connectivity index (χ0) is 16.4. The molecule has 7 nitrogen and oxygen atoms in total. The van der Waals surface area contributed by atoms with Crippen molar-refractivity contribution in [2.45, 2.75) is 31.7 Å². The van der Waals surface area contributed by atoms with Crippen molar-refractivity contribution >= 4 is 28.3 Å². The summed E-state index contributed by atoms with van der Waals surface area (Å²) in [7, 11) is 1.74. The molecule has 0 aliphatic heterocycles. The first-order valence-electron chi connectivity index (χ1n) is 7.92. The summed E-state index contributed by atoms with van der Waals surface area (Å²) >= 11 is 1.24. The van der Waals surface area contributed by atoms with Gasteiger partial charge in [0.2, 0.25) is 5.91 Å². The maximum absolute atomic E-state index is 12.3. The van der Waals surface area contributed by atoms with Crippen molar-refractivity contribution in [3.8, 4) is 0 Å². The molecule has 0 saturated heterocycles. The fraction of sp³-hybridized carbons (Fsp3) is 0.667. The van der Waals surface area contributed by atoms with E-state index >= 15 is 0 Å². The third-order valence-corrected chi connectivity index (χ3v) is 5.88. The molecule has 2 amide bonds. The number of hydrogen-bond donors (Lipinski definition) is 4. The highest BCUT2D eigenvalue weighted by molar-refractivity contribution is 7.17. The Bertz CT molecular complexity index is 605. The van der Waals surface area contributed by atoms with Crippen LogP contribution in [0.3, 0.4) is 0 Å². The monoisotopic (exact) mass is 338 g/mol. The van der Waals surface area contributed by atoms with E-state index in [-0.39, 0.29) is 30.4 Å². The molecule has 2 fully saturated rings. The predicted molar refractivity (Wildman–Crippen MR) is 87.4 cm³/mol. The Labute approximate surface area is 138 Å². The molecular weight excluding hydrogens is 316 g/mol. The number of nitrogens with zero attached hydrogens (tertiary/aromatic N) is 1. The van der Waals surface area contributed by atoms with Crippen LogP contribution >= 0.6 is 11.3 Å². The van der Waals surface area contributed by atoms with Crippen LogP contribution in [0.1, 0.15) is 35.4 Å². The first-order chi connectivity index (χ1) is 11.1. The zero-order valence-corrected chi connectivity index (χ0v) is 13.9. The van der Waals surface area contributed by atoms with E-state index in [1.807, 2.05) is 0 Å². The third kappa shape index (κ3) is 3.18. The molecule has 126 valence electrons. The lowest BCUT2D eigenvalue weighted by molar-refractivity contribution is -0.126. The highest BCUT2D eigenvalue weighted by Crippen LogP contribution is 2.63. The molecule has 1 heterocycles. The number of thiazole rings is 1. The van der Waals surface area contributed by atoms with Gasteiger partial charge in [-0.1, -0.05) is 17.8 Å². The van der Waals surface area contributed by atoms with Gasteiger partial charge in [0.05, 0.1) is 24.3 Å². The van der Waals surface area contributed by atoms with Gasteiger partial charge in [-0.2, -0.15) is 0 Å². The third-order valence-electron chi connectivity index (χ3n) is 4.87. The van der Waals surface area contributed by atoms with Crippen LogP contribution in [-0.2, 0) is 4.79 Å². The van der Waals surface area contributed by atoms with Gasteiger partial charge in [-0.3, -0.25) is 9.59 Å². The van der Waals surface area contributed by atoms with Crippen molar-refractivity contribution in [1.82, 2.24) is 15.6 Å². The van der Waals surface area contributed by atoms with E-state index in [1.165, 1.54) is 17.5 Å². The minimum atomic E-state index is -0.499. The second kappa shape index (κ2) is 6.45. The Balaban J connectivity index is 1.49. The van der Waals surface area contributed by atoms with Crippen LogP contribution in [0.2, 0.25) is 0 Å². The Morgan fingerprint density at radius 2 is 2.39 bits per heavy atom. The number of rotatable bonds is 7. The van der Waals surface area contributed by atoms with Gasteiger partial charge in [0.15, 0.2) is 5.13 Å². The molecule has 0 unspecified atom stereocenters. The number of hydrogen-bond acceptors (Lipinski definition) is 6. The smallest absolute Gasteiger partial charge is 0.263 e. The topological polar surface area (TPSA) is 103 Å². The number of nitrogens with one attached hydrogen (secondary N) is 3. The lowest BCUT2D eigenvalue weighted by Crippen LogP contribution is -2.47. The van der Waals surface area contributed by atoms with Gasteiger partial charge in [-0.15, -0.1) is 0 Å². The maximum atomic E-state index is 12.3. The van der Waals surface area contributed by atoms with Crippen molar-refractivity contribution in [3.05, 3.63) is 11.1 Å². The Morgan fingerprint density at radius 3 is 2.96 bits per heavy atom. The lowest BCUT2D eigenvalue weighted by Gasteiger charge is -2.19. The highest BCUT2D eigenvalue weighted by atomic mass is 32.1. The minimum absolute atomic E-state index is 0.0722. The lowest BCUT2D eigenvalue weighted by atomic mass is 10.0. The van der Waals surface area contributed by atoms with Crippen LogP contribution in [0.15, 0.2) is 6.20 Å². The predicted octanol–water partition coefficient (Wildman–Crippen LogP) is 0.582. The van der Waals surface area contributed by atoms with Crippen LogP contribution in [0.4, 0.5) is 5.13 Å².